The van der Waals surface area contributed by atoms with Gasteiger partial charge in [0.15, 0.2) is 0 Å². The molecule has 130 valence electrons. The molecular formula is C16H14FN3O4S. The topological polar surface area (TPSA) is 115 Å². The highest BCUT2D eigenvalue weighted by Crippen LogP contribution is 2.29. The number of amides is 2. The Balaban J connectivity index is 1.97. The van der Waals surface area contributed by atoms with Gasteiger partial charge in [0.2, 0.25) is 11.8 Å². The number of halogens is 1. The number of primary amides is 1. The van der Waals surface area contributed by atoms with Crippen LogP contribution in [0.1, 0.15) is 15.9 Å². The zero-order chi connectivity index (χ0) is 18.4. The van der Waals surface area contributed by atoms with E-state index in [0.29, 0.717) is 5.56 Å². The van der Waals surface area contributed by atoms with Gasteiger partial charge >= 0.3 is 0 Å². The Bertz CT molecular complexity index is 829. The second kappa shape index (κ2) is 8.25. The first kappa shape index (κ1) is 18.4. The summed E-state index contributed by atoms with van der Waals surface area (Å²) < 4.78 is 13.1. The van der Waals surface area contributed by atoms with Crippen molar-refractivity contribution in [2.24, 2.45) is 5.73 Å². The first-order chi connectivity index (χ1) is 11.9. The fourth-order valence-electron chi connectivity index (χ4n) is 1.98. The van der Waals surface area contributed by atoms with Crippen LogP contribution in [0.5, 0.6) is 0 Å². The maximum absolute atomic E-state index is 13.1. The molecule has 0 aliphatic carbocycles. The average Bonchev–Trinajstić information content (AvgIpc) is 2.57. The molecule has 2 rings (SSSR count). The monoisotopic (exact) mass is 363 g/mol. The minimum Gasteiger partial charge on any atom is -0.366 e. The van der Waals surface area contributed by atoms with E-state index in [0.717, 1.165) is 17.8 Å². The predicted molar refractivity (Wildman–Crippen MR) is 90.6 cm³/mol. The Kier molecular flexibility index (Phi) is 6.07. The molecule has 0 atom stereocenters. The molecule has 0 fully saturated rings. The van der Waals surface area contributed by atoms with Gasteiger partial charge < -0.3 is 11.1 Å². The Labute approximate surface area is 146 Å². The minimum atomic E-state index is -0.771. The molecule has 2 aromatic rings. The molecule has 0 bridgehead atoms. The molecule has 0 spiro atoms. The number of nitrogens with zero attached hydrogens (tertiary/aromatic N) is 1. The van der Waals surface area contributed by atoms with Crippen LogP contribution >= 0.6 is 11.8 Å². The second-order valence-corrected chi connectivity index (χ2v) is 6.02. The van der Waals surface area contributed by atoms with Crippen LogP contribution in [0.2, 0.25) is 0 Å². The third-order valence-corrected chi connectivity index (χ3v) is 4.24. The van der Waals surface area contributed by atoms with Crippen LogP contribution < -0.4 is 11.1 Å². The van der Waals surface area contributed by atoms with Crippen molar-refractivity contribution in [2.75, 3.05) is 5.75 Å². The summed E-state index contributed by atoms with van der Waals surface area (Å²) in [5.41, 5.74) is 5.44. The number of hydrogen-bond donors (Lipinski definition) is 2. The maximum Gasteiger partial charge on any atom is 0.283 e. The molecule has 3 N–H and O–H groups in total. The van der Waals surface area contributed by atoms with Crippen LogP contribution in [0.15, 0.2) is 47.4 Å². The van der Waals surface area contributed by atoms with Crippen molar-refractivity contribution < 1.29 is 18.9 Å². The largest absolute Gasteiger partial charge is 0.366 e. The van der Waals surface area contributed by atoms with E-state index in [1.54, 1.807) is 6.07 Å². The van der Waals surface area contributed by atoms with Crippen molar-refractivity contribution in [3.63, 3.8) is 0 Å². The van der Waals surface area contributed by atoms with Gasteiger partial charge in [0, 0.05) is 18.2 Å². The van der Waals surface area contributed by atoms with E-state index in [1.165, 1.54) is 30.3 Å². The molecular weight excluding hydrogens is 349 g/mol. The van der Waals surface area contributed by atoms with E-state index in [2.05, 4.69) is 5.32 Å². The van der Waals surface area contributed by atoms with E-state index in [9.17, 15) is 24.1 Å². The van der Waals surface area contributed by atoms with Crippen LogP contribution in [0.3, 0.4) is 0 Å². The lowest BCUT2D eigenvalue weighted by Crippen LogP contribution is -2.24. The molecule has 0 saturated carbocycles. The van der Waals surface area contributed by atoms with Crippen molar-refractivity contribution in [3.05, 3.63) is 69.5 Å². The van der Waals surface area contributed by atoms with Gasteiger partial charge in [-0.1, -0.05) is 12.1 Å². The highest BCUT2D eigenvalue weighted by Gasteiger charge is 2.18. The summed E-state index contributed by atoms with van der Waals surface area (Å²) in [6.45, 7) is 0.153. The first-order valence-corrected chi connectivity index (χ1v) is 8.07. The molecule has 0 aromatic heterocycles. The number of nitro groups is 1. The van der Waals surface area contributed by atoms with Gasteiger partial charge in [-0.3, -0.25) is 19.7 Å². The van der Waals surface area contributed by atoms with Gasteiger partial charge in [-0.2, -0.15) is 0 Å². The van der Waals surface area contributed by atoms with E-state index in [-0.39, 0.29) is 34.4 Å². The fourth-order valence-corrected chi connectivity index (χ4v) is 2.81. The van der Waals surface area contributed by atoms with E-state index >= 15 is 0 Å². The van der Waals surface area contributed by atoms with Gasteiger partial charge in [0.25, 0.3) is 5.69 Å². The van der Waals surface area contributed by atoms with Crippen LogP contribution in [0, 0.1) is 15.9 Å². The van der Waals surface area contributed by atoms with Gasteiger partial charge in [-0.15, -0.1) is 11.8 Å². The van der Waals surface area contributed by atoms with E-state index < -0.39 is 16.6 Å². The molecule has 9 heteroatoms. The maximum atomic E-state index is 13.1. The number of thioether (sulfide) groups is 1. The summed E-state index contributed by atoms with van der Waals surface area (Å²) in [7, 11) is 0. The molecule has 0 heterocycles. The summed E-state index contributed by atoms with van der Waals surface area (Å²) in [6, 6.07) is 9.64. The Morgan fingerprint density at radius 1 is 1.24 bits per heavy atom. The summed E-state index contributed by atoms with van der Waals surface area (Å²) in [4.78, 5) is 33.7. The number of nitrogens with one attached hydrogen (secondary N) is 1. The first-order valence-electron chi connectivity index (χ1n) is 7.09. The number of carbonyl (C=O) groups is 2. The van der Waals surface area contributed by atoms with Gasteiger partial charge in [0.1, 0.15) is 5.82 Å². The van der Waals surface area contributed by atoms with Crippen LogP contribution in [-0.2, 0) is 11.3 Å². The van der Waals surface area contributed by atoms with Crippen LogP contribution in [0.4, 0.5) is 10.1 Å². The normalized spacial score (nSPS) is 10.3. The smallest absolute Gasteiger partial charge is 0.283 e. The number of nitrogens with two attached hydrogens (primary N) is 1. The zero-order valence-corrected chi connectivity index (χ0v) is 13.7. The summed E-state index contributed by atoms with van der Waals surface area (Å²) in [6.07, 6.45) is 0. The van der Waals surface area contributed by atoms with Gasteiger partial charge in [-0.25, -0.2) is 4.39 Å². The summed E-state index contributed by atoms with van der Waals surface area (Å²) in [5, 5.41) is 13.7. The molecule has 0 radical (unpaired) electrons. The zero-order valence-electron chi connectivity index (χ0n) is 12.9. The fraction of sp³-hybridized carbons (Fsp3) is 0.125. The number of carbonyl (C=O) groups excluding carboxylic acids is 2. The lowest BCUT2D eigenvalue weighted by molar-refractivity contribution is -0.387. The van der Waals surface area contributed by atoms with Crippen molar-refractivity contribution >= 4 is 29.3 Å². The van der Waals surface area contributed by atoms with Gasteiger partial charge in [0.05, 0.1) is 15.6 Å². The number of nitro benzene ring substituents is 1. The van der Waals surface area contributed by atoms with Crippen LogP contribution in [-0.4, -0.2) is 22.5 Å². The Morgan fingerprint density at radius 3 is 2.64 bits per heavy atom. The molecule has 2 aromatic carbocycles. The molecule has 0 unspecified atom stereocenters. The van der Waals surface area contributed by atoms with Gasteiger partial charge in [-0.05, 0) is 29.8 Å². The molecule has 0 aliphatic rings. The summed E-state index contributed by atoms with van der Waals surface area (Å²) >= 11 is 0.962. The van der Waals surface area contributed by atoms with E-state index in [4.69, 9.17) is 5.73 Å². The predicted octanol–water partition coefficient (Wildman–Crippen LogP) is 2.24. The lowest BCUT2D eigenvalue weighted by Gasteiger charge is -2.06. The molecule has 7 nitrogen and oxygen atoms in total. The van der Waals surface area contributed by atoms with E-state index in [1.807, 2.05) is 0 Å². The minimum absolute atomic E-state index is 0.0200. The number of rotatable bonds is 7. The molecule has 25 heavy (non-hydrogen) atoms. The number of benzene rings is 2. The second-order valence-electron chi connectivity index (χ2n) is 5.00. The Hall–Kier alpha value is -2.94. The quantitative estimate of drug-likeness (QED) is 0.445. The SMILES string of the molecule is NC(=O)c1ccc(SCC(=O)NCc2cccc(F)c2)c([N+](=O)[O-])c1. The highest BCUT2D eigenvalue weighted by molar-refractivity contribution is 8.00. The lowest BCUT2D eigenvalue weighted by atomic mass is 10.2. The summed E-state index contributed by atoms with van der Waals surface area (Å²) in [5.74, 6) is -1.59. The van der Waals surface area contributed by atoms with Crippen LogP contribution in [0.25, 0.3) is 0 Å². The standard InChI is InChI=1S/C16H14FN3O4S/c17-12-3-1-2-10(6-12)8-19-15(21)9-25-14-5-4-11(16(18)22)7-13(14)20(23)24/h1-7H,8-9H2,(H2,18,22)(H,19,21). The number of hydrogen-bond acceptors (Lipinski definition) is 5. The van der Waals surface area contributed by atoms with Crippen molar-refractivity contribution in [2.45, 2.75) is 11.4 Å². The molecule has 0 aliphatic heterocycles. The third-order valence-electron chi connectivity index (χ3n) is 3.18. The molecule has 0 saturated heterocycles. The van der Waals surface area contributed by atoms with Crippen molar-refractivity contribution in [3.8, 4) is 0 Å². The average molecular weight is 363 g/mol. The third kappa shape index (κ3) is 5.28. The molecule has 2 amide bonds. The van der Waals surface area contributed by atoms with Crippen molar-refractivity contribution in [1.29, 1.82) is 0 Å². The van der Waals surface area contributed by atoms with Crippen molar-refractivity contribution in [1.82, 2.24) is 5.32 Å². The highest BCUT2D eigenvalue weighted by atomic mass is 32.2. The Morgan fingerprint density at radius 2 is 2.00 bits per heavy atom.